The first-order chi connectivity index (χ1) is 8.09. The summed E-state index contributed by atoms with van der Waals surface area (Å²) >= 11 is 1.37. The van der Waals surface area contributed by atoms with E-state index in [2.05, 4.69) is 24.1 Å². The number of hydrogen-bond donors (Lipinski definition) is 2. The Kier molecular flexibility index (Phi) is 5.83. The van der Waals surface area contributed by atoms with Gasteiger partial charge in [-0.05, 0) is 24.5 Å². The van der Waals surface area contributed by atoms with Gasteiger partial charge in [-0.2, -0.15) is 0 Å². The van der Waals surface area contributed by atoms with Gasteiger partial charge in [-0.25, -0.2) is 4.98 Å². The van der Waals surface area contributed by atoms with Crippen molar-refractivity contribution in [3.05, 3.63) is 18.3 Å². The van der Waals surface area contributed by atoms with Gasteiger partial charge in [0.1, 0.15) is 5.03 Å². The number of nitrogens with two attached hydrogens (primary N) is 1. The van der Waals surface area contributed by atoms with Gasteiger partial charge in [-0.15, -0.1) is 0 Å². The summed E-state index contributed by atoms with van der Waals surface area (Å²) in [4.78, 5) is 15.6. The average molecular weight is 253 g/mol. The number of nitrogens with one attached hydrogen (secondary N) is 1. The maximum atomic E-state index is 11.5. The number of thioether (sulfide) groups is 1. The minimum atomic E-state index is 0.0284. The maximum Gasteiger partial charge on any atom is 0.230 e. The molecule has 5 heteroatoms. The predicted octanol–water partition coefficient (Wildman–Crippen LogP) is 1.92. The summed E-state index contributed by atoms with van der Waals surface area (Å²) in [5.41, 5.74) is 6.35. The van der Waals surface area contributed by atoms with E-state index in [0.717, 1.165) is 13.0 Å². The zero-order chi connectivity index (χ0) is 12.7. The number of carbonyl (C=O) groups is 1. The molecule has 0 spiro atoms. The lowest BCUT2D eigenvalue weighted by molar-refractivity contribution is -0.118. The molecule has 0 aromatic carbocycles. The van der Waals surface area contributed by atoms with E-state index in [0.29, 0.717) is 22.4 Å². The van der Waals surface area contributed by atoms with Crippen LogP contribution in [0.25, 0.3) is 0 Å². The van der Waals surface area contributed by atoms with Crippen molar-refractivity contribution < 1.29 is 4.79 Å². The van der Waals surface area contributed by atoms with Gasteiger partial charge < -0.3 is 11.1 Å². The summed E-state index contributed by atoms with van der Waals surface area (Å²) in [6.45, 7) is 5.00. The zero-order valence-corrected chi connectivity index (χ0v) is 11.1. The molecule has 17 heavy (non-hydrogen) atoms. The Hall–Kier alpha value is -1.23. The molecule has 0 aliphatic heterocycles. The van der Waals surface area contributed by atoms with Gasteiger partial charge in [0.05, 0.1) is 11.4 Å². The number of aromatic nitrogens is 1. The van der Waals surface area contributed by atoms with Crippen LogP contribution in [-0.2, 0) is 4.79 Å². The Morgan fingerprint density at radius 1 is 1.59 bits per heavy atom. The predicted molar refractivity (Wildman–Crippen MR) is 71.8 cm³/mol. The van der Waals surface area contributed by atoms with Gasteiger partial charge >= 0.3 is 0 Å². The van der Waals surface area contributed by atoms with Crippen molar-refractivity contribution in [2.24, 2.45) is 5.92 Å². The highest BCUT2D eigenvalue weighted by Crippen LogP contribution is 2.20. The molecule has 0 radical (unpaired) electrons. The number of nitrogens with zero attached hydrogens (tertiary/aromatic N) is 1. The second-order valence-electron chi connectivity index (χ2n) is 4.22. The third kappa shape index (κ3) is 5.58. The molecule has 0 unspecified atom stereocenters. The van der Waals surface area contributed by atoms with E-state index >= 15 is 0 Å². The quantitative estimate of drug-likeness (QED) is 0.760. The van der Waals surface area contributed by atoms with Crippen molar-refractivity contribution in [3.8, 4) is 0 Å². The highest BCUT2D eigenvalue weighted by molar-refractivity contribution is 8.00. The SMILES string of the molecule is CC(C)CCNC(=O)CSc1ncccc1N. The standard InChI is InChI=1S/C12H19N3OS/c1-9(2)5-7-14-11(16)8-17-12-10(13)4-3-6-15-12/h3-4,6,9H,5,7-8,13H2,1-2H3,(H,14,16). The Bertz CT molecular complexity index is 369. The fourth-order valence-corrected chi connectivity index (χ4v) is 1.95. The Labute approximate surface area is 106 Å². The molecule has 0 aliphatic rings. The molecule has 0 bridgehead atoms. The van der Waals surface area contributed by atoms with Crippen molar-refractivity contribution in [2.45, 2.75) is 25.3 Å². The van der Waals surface area contributed by atoms with Crippen LogP contribution >= 0.6 is 11.8 Å². The molecule has 1 aromatic heterocycles. The fourth-order valence-electron chi connectivity index (χ4n) is 1.21. The van der Waals surface area contributed by atoms with Crippen LogP contribution in [-0.4, -0.2) is 23.2 Å². The van der Waals surface area contributed by atoms with Crippen molar-refractivity contribution in [2.75, 3.05) is 18.0 Å². The summed E-state index contributed by atoms with van der Waals surface area (Å²) in [6, 6.07) is 3.56. The Morgan fingerprint density at radius 3 is 3.00 bits per heavy atom. The highest BCUT2D eigenvalue weighted by atomic mass is 32.2. The monoisotopic (exact) mass is 253 g/mol. The number of amides is 1. The molecular weight excluding hydrogens is 234 g/mol. The number of anilines is 1. The maximum absolute atomic E-state index is 11.5. The van der Waals surface area contributed by atoms with Gasteiger partial charge in [0.15, 0.2) is 0 Å². The molecule has 0 saturated carbocycles. The molecule has 3 N–H and O–H groups in total. The minimum absolute atomic E-state index is 0.0284. The van der Waals surface area contributed by atoms with Gasteiger partial charge in [0, 0.05) is 12.7 Å². The lowest BCUT2D eigenvalue weighted by Crippen LogP contribution is -2.26. The normalized spacial score (nSPS) is 10.5. The van der Waals surface area contributed by atoms with E-state index < -0.39 is 0 Å². The van der Waals surface area contributed by atoms with Crippen molar-refractivity contribution in [1.29, 1.82) is 0 Å². The number of hydrogen-bond acceptors (Lipinski definition) is 4. The highest BCUT2D eigenvalue weighted by Gasteiger charge is 2.05. The van der Waals surface area contributed by atoms with Gasteiger partial charge in [-0.1, -0.05) is 25.6 Å². The van der Waals surface area contributed by atoms with Crippen molar-refractivity contribution in [1.82, 2.24) is 10.3 Å². The summed E-state index contributed by atoms with van der Waals surface area (Å²) in [7, 11) is 0. The van der Waals surface area contributed by atoms with Crippen molar-refractivity contribution >= 4 is 23.4 Å². The number of pyridine rings is 1. The molecule has 0 fully saturated rings. The van der Waals surface area contributed by atoms with Crippen molar-refractivity contribution in [3.63, 3.8) is 0 Å². The van der Waals surface area contributed by atoms with Crippen LogP contribution in [0.3, 0.4) is 0 Å². The summed E-state index contributed by atoms with van der Waals surface area (Å²) in [6.07, 6.45) is 2.68. The second kappa shape index (κ2) is 7.17. The third-order valence-electron chi connectivity index (χ3n) is 2.18. The molecule has 94 valence electrons. The molecule has 1 amide bonds. The third-order valence-corrected chi connectivity index (χ3v) is 3.21. The van der Waals surface area contributed by atoms with Crippen LogP contribution < -0.4 is 11.1 Å². The number of nitrogen functional groups attached to an aromatic ring is 1. The molecule has 0 aliphatic carbocycles. The molecule has 1 aromatic rings. The van der Waals surface area contributed by atoms with E-state index in [4.69, 9.17) is 5.73 Å². The summed E-state index contributed by atoms with van der Waals surface area (Å²) in [5.74, 6) is 0.995. The summed E-state index contributed by atoms with van der Waals surface area (Å²) < 4.78 is 0. The van der Waals surface area contributed by atoms with Gasteiger partial charge in [-0.3, -0.25) is 4.79 Å². The Balaban J connectivity index is 2.26. The molecule has 1 rings (SSSR count). The van der Waals surface area contributed by atoms with E-state index in [1.54, 1.807) is 18.3 Å². The topological polar surface area (TPSA) is 68.0 Å². The number of rotatable bonds is 6. The zero-order valence-electron chi connectivity index (χ0n) is 10.3. The number of carbonyl (C=O) groups excluding carboxylic acids is 1. The molecule has 1 heterocycles. The lowest BCUT2D eigenvalue weighted by Gasteiger charge is -2.07. The van der Waals surface area contributed by atoms with E-state index in [-0.39, 0.29) is 5.91 Å². The second-order valence-corrected chi connectivity index (χ2v) is 5.18. The fraction of sp³-hybridized carbons (Fsp3) is 0.500. The van der Waals surface area contributed by atoms with Gasteiger partial charge in [0.25, 0.3) is 0 Å². The van der Waals surface area contributed by atoms with E-state index in [1.165, 1.54) is 11.8 Å². The van der Waals surface area contributed by atoms with Crippen LogP contribution in [0.15, 0.2) is 23.4 Å². The van der Waals surface area contributed by atoms with Crippen LogP contribution in [0.2, 0.25) is 0 Å². The molecule has 0 atom stereocenters. The van der Waals surface area contributed by atoms with Crippen LogP contribution in [0.1, 0.15) is 20.3 Å². The van der Waals surface area contributed by atoms with Gasteiger partial charge in [0.2, 0.25) is 5.91 Å². The largest absolute Gasteiger partial charge is 0.397 e. The first-order valence-corrected chi connectivity index (χ1v) is 6.68. The van der Waals surface area contributed by atoms with Crippen LogP contribution in [0.5, 0.6) is 0 Å². The Morgan fingerprint density at radius 2 is 2.35 bits per heavy atom. The lowest BCUT2D eigenvalue weighted by atomic mass is 10.1. The first-order valence-electron chi connectivity index (χ1n) is 5.69. The van der Waals surface area contributed by atoms with Crippen LogP contribution in [0.4, 0.5) is 5.69 Å². The van der Waals surface area contributed by atoms with E-state index in [1.807, 2.05) is 0 Å². The average Bonchev–Trinajstić information content (AvgIpc) is 2.27. The summed E-state index contributed by atoms with van der Waals surface area (Å²) in [5, 5.41) is 3.59. The van der Waals surface area contributed by atoms with Crippen LogP contribution in [0, 0.1) is 5.92 Å². The molecular formula is C12H19N3OS. The minimum Gasteiger partial charge on any atom is -0.397 e. The molecule has 0 saturated heterocycles. The van der Waals surface area contributed by atoms with E-state index in [9.17, 15) is 4.79 Å². The first kappa shape index (κ1) is 13.8. The molecule has 4 nitrogen and oxygen atoms in total. The smallest absolute Gasteiger partial charge is 0.230 e.